The number of methoxy groups -OCH3 is 1. The largest absolute Gasteiger partial charge is 0.497 e. The summed E-state index contributed by atoms with van der Waals surface area (Å²) in [6.07, 6.45) is 1.30. The number of rotatable bonds is 11. The van der Waals surface area contributed by atoms with E-state index in [4.69, 9.17) is 21.1 Å². The summed E-state index contributed by atoms with van der Waals surface area (Å²) in [6, 6.07) is 13.7. The number of amides is 2. The molecule has 0 bridgehead atoms. The van der Waals surface area contributed by atoms with Gasteiger partial charge in [-0.25, -0.2) is 0 Å². The SMILES string of the molecule is CCC(C)NC(=O)C(CC)N(Cc1ccc(OC)cc1)C(=O)COc1ccc(Cl)cc1. The van der Waals surface area contributed by atoms with Gasteiger partial charge in [-0.05, 0) is 61.7 Å². The average Bonchev–Trinajstić information content (AvgIpc) is 2.78. The summed E-state index contributed by atoms with van der Waals surface area (Å²) in [5.41, 5.74) is 0.899. The molecule has 1 N–H and O–H groups in total. The van der Waals surface area contributed by atoms with Crippen molar-refractivity contribution in [1.29, 1.82) is 0 Å². The van der Waals surface area contributed by atoms with E-state index in [0.717, 1.165) is 17.7 Å². The molecule has 2 rings (SSSR count). The lowest BCUT2D eigenvalue weighted by Gasteiger charge is -2.31. The number of nitrogens with zero attached hydrogens (tertiary/aromatic N) is 1. The van der Waals surface area contributed by atoms with E-state index in [0.29, 0.717) is 23.7 Å². The third kappa shape index (κ3) is 7.47. The first-order chi connectivity index (χ1) is 14.9. The molecule has 6 nitrogen and oxygen atoms in total. The highest BCUT2D eigenvalue weighted by Gasteiger charge is 2.29. The fourth-order valence-electron chi connectivity index (χ4n) is 3.05. The zero-order valence-electron chi connectivity index (χ0n) is 18.6. The summed E-state index contributed by atoms with van der Waals surface area (Å²) in [5.74, 6) is 0.843. The van der Waals surface area contributed by atoms with E-state index in [1.54, 1.807) is 36.3 Å². The lowest BCUT2D eigenvalue weighted by Crippen LogP contribution is -2.51. The minimum atomic E-state index is -0.600. The lowest BCUT2D eigenvalue weighted by atomic mass is 10.1. The number of halogens is 1. The molecule has 0 saturated heterocycles. The zero-order chi connectivity index (χ0) is 22.8. The molecule has 0 heterocycles. The van der Waals surface area contributed by atoms with Crippen LogP contribution in [-0.4, -0.2) is 42.5 Å². The normalized spacial score (nSPS) is 12.5. The molecule has 168 valence electrons. The summed E-state index contributed by atoms with van der Waals surface area (Å²) >= 11 is 5.90. The first-order valence-electron chi connectivity index (χ1n) is 10.5. The minimum absolute atomic E-state index is 0.0322. The predicted molar refractivity (Wildman–Crippen MR) is 122 cm³/mol. The number of nitrogens with one attached hydrogen (secondary N) is 1. The van der Waals surface area contributed by atoms with Crippen LogP contribution in [-0.2, 0) is 16.1 Å². The molecule has 2 unspecified atom stereocenters. The van der Waals surface area contributed by atoms with E-state index >= 15 is 0 Å². The van der Waals surface area contributed by atoms with Crippen molar-refractivity contribution in [2.45, 2.75) is 52.2 Å². The van der Waals surface area contributed by atoms with Crippen LogP contribution < -0.4 is 14.8 Å². The van der Waals surface area contributed by atoms with Crippen LogP contribution in [0.2, 0.25) is 5.02 Å². The molecular formula is C24H31ClN2O4. The molecule has 0 aliphatic rings. The van der Waals surface area contributed by atoms with E-state index in [9.17, 15) is 9.59 Å². The van der Waals surface area contributed by atoms with E-state index < -0.39 is 6.04 Å². The van der Waals surface area contributed by atoms with Gasteiger partial charge in [-0.15, -0.1) is 0 Å². The molecule has 2 aromatic carbocycles. The van der Waals surface area contributed by atoms with Crippen molar-refractivity contribution in [3.8, 4) is 11.5 Å². The zero-order valence-corrected chi connectivity index (χ0v) is 19.3. The van der Waals surface area contributed by atoms with Gasteiger partial charge < -0.3 is 19.7 Å². The van der Waals surface area contributed by atoms with Crippen molar-refractivity contribution in [2.75, 3.05) is 13.7 Å². The van der Waals surface area contributed by atoms with Crippen LogP contribution in [0.15, 0.2) is 48.5 Å². The molecule has 0 fully saturated rings. The highest BCUT2D eigenvalue weighted by Crippen LogP contribution is 2.18. The first-order valence-corrected chi connectivity index (χ1v) is 10.9. The highest BCUT2D eigenvalue weighted by atomic mass is 35.5. The topological polar surface area (TPSA) is 67.9 Å². The van der Waals surface area contributed by atoms with E-state index in [1.807, 2.05) is 45.0 Å². The second-order valence-electron chi connectivity index (χ2n) is 7.35. The Labute approximate surface area is 189 Å². The second-order valence-corrected chi connectivity index (χ2v) is 7.79. The van der Waals surface area contributed by atoms with Gasteiger partial charge in [0.25, 0.3) is 5.91 Å². The Bertz CT molecular complexity index is 840. The smallest absolute Gasteiger partial charge is 0.261 e. The van der Waals surface area contributed by atoms with Crippen LogP contribution in [0.25, 0.3) is 0 Å². The summed E-state index contributed by atoms with van der Waals surface area (Å²) in [4.78, 5) is 27.6. The summed E-state index contributed by atoms with van der Waals surface area (Å²) < 4.78 is 10.9. The third-order valence-corrected chi connectivity index (χ3v) is 5.33. The van der Waals surface area contributed by atoms with Gasteiger partial charge in [0.2, 0.25) is 5.91 Å². The summed E-state index contributed by atoms with van der Waals surface area (Å²) in [6.45, 7) is 5.97. The van der Waals surface area contributed by atoms with E-state index in [-0.39, 0.29) is 24.5 Å². The van der Waals surface area contributed by atoms with Crippen LogP contribution >= 0.6 is 11.6 Å². The molecule has 0 saturated carbocycles. The van der Waals surface area contributed by atoms with Crippen LogP contribution in [0.4, 0.5) is 0 Å². The fourth-order valence-corrected chi connectivity index (χ4v) is 3.17. The molecule has 0 radical (unpaired) electrons. The van der Waals surface area contributed by atoms with Gasteiger partial charge in [0.1, 0.15) is 17.5 Å². The Morgan fingerprint density at radius 1 is 1.00 bits per heavy atom. The molecular weight excluding hydrogens is 416 g/mol. The lowest BCUT2D eigenvalue weighted by molar-refractivity contribution is -0.143. The maximum atomic E-state index is 13.1. The van der Waals surface area contributed by atoms with Crippen molar-refractivity contribution in [3.63, 3.8) is 0 Å². The molecule has 7 heteroatoms. The Balaban J connectivity index is 2.20. The minimum Gasteiger partial charge on any atom is -0.497 e. The molecule has 0 aromatic heterocycles. The van der Waals surface area contributed by atoms with Crippen LogP contribution in [0.5, 0.6) is 11.5 Å². The molecule has 31 heavy (non-hydrogen) atoms. The van der Waals surface area contributed by atoms with Crippen molar-refractivity contribution < 1.29 is 19.1 Å². The number of benzene rings is 2. The molecule has 2 atom stereocenters. The Morgan fingerprint density at radius 2 is 1.61 bits per heavy atom. The fraction of sp³-hybridized carbons (Fsp3) is 0.417. The van der Waals surface area contributed by atoms with Crippen molar-refractivity contribution in [3.05, 3.63) is 59.1 Å². The van der Waals surface area contributed by atoms with E-state index in [2.05, 4.69) is 5.32 Å². The number of hydrogen-bond donors (Lipinski definition) is 1. The quantitative estimate of drug-likeness (QED) is 0.553. The van der Waals surface area contributed by atoms with Crippen molar-refractivity contribution in [2.24, 2.45) is 0 Å². The third-order valence-electron chi connectivity index (χ3n) is 5.07. The summed E-state index contributed by atoms with van der Waals surface area (Å²) in [7, 11) is 1.60. The average molecular weight is 447 g/mol. The van der Waals surface area contributed by atoms with Crippen LogP contribution in [0, 0.1) is 0 Å². The second kappa shape index (κ2) is 12.2. The molecule has 2 aromatic rings. The molecule has 0 aliphatic carbocycles. The number of carbonyl (C=O) groups excluding carboxylic acids is 2. The number of ether oxygens (including phenoxy) is 2. The van der Waals surface area contributed by atoms with Gasteiger partial charge in [-0.2, -0.15) is 0 Å². The Hall–Kier alpha value is -2.73. The maximum absolute atomic E-state index is 13.1. The number of carbonyl (C=O) groups is 2. The predicted octanol–water partition coefficient (Wildman–Crippen LogP) is 4.45. The number of hydrogen-bond acceptors (Lipinski definition) is 4. The standard InChI is InChI=1S/C24H31ClN2O4/c1-5-17(3)26-24(29)22(6-2)27(15-18-7-11-20(30-4)12-8-18)23(28)16-31-21-13-9-19(25)10-14-21/h7-14,17,22H,5-6,15-16H2,1-4H3,(H,26,29). The van der Waals surface area contributed by atoms with Crippen molar-refractivity contribution >= 4 is 23.4 Å². The molecule has 2 amide bonds. The Kier molecular flexibility index (Phi) is 9.66. The summed E-state index contributed by atoms with van der Waals surface area (Å²) in [5, 5.41) is 3.58. The Morgan fingerprint density at radius 3 is 2.16 bits per heavy atom. The van der Waals surface area contributed by atoms with Gasteiger partial charge in [0.15, 0.2) is 6.61 Å². The first kappa shape index (κ1) is 24.5. The van der Waals surface area contributed by atoms with E-state index in [1.165, 1.54) is 0 Å². The van der Waals surface area contributed by atoms with Crippen LogP contribution in [0.3, 0.4) is 0 Å². The van der Waals surface area contributed by atoms with Gasteiger partial charge >= 0.3 is 0 Å². The maximum Gasteiger partial charge on any atom is 0.261 e. The monoisotopic (exact) mass is 446 g/mol. The highest BCUT2D eigenvalue weighted by molar-refractivity contribution is 6.30. The van der Waals surface area contributed by atoms with Gasteiger partial charge in [0, 0.05) is 17.6 Å². The molecule has 0 spiro atoms. The van der Waals surface area contributed by atoms with Crippen LogP contribution in [0.1, 0.15) is 39.2 Å². The van der Waals surface area contributed by atoms with Gasteiger partial charge in [-0.3, -0.25) is 9.59 Å². The van der Waals surface area contributed by atoms with Crippen molar-refractivity contribution in [1.82, 2.24) is 10.2 Å². The van der Waals surface area contributed by atoms with Gasteiger partial charge in [0.05, 0.1) is 7.11 Å². The molecule has 0 aliphatic heterocycles. The van der Waals surface area contributed by atoms with Gasteiger partial charge in [-0.1, -0.05) is 37.6 Å².